The minimum atomic E-state index is -0.531. The smallest absolute Gasteiger partial charge is 0.269 e. The van der Waals surface area contributed by atoms with Gasteiger partial charge in [0.15, 0.2) is 0 Å². The molecular formula is C16H14ClFN2O3. The van der Waals surface area contributed by atoms with Gasteiger partial charge in [0.05, 0.1) is 4.92 Å². The number of hydrogen-bond donors (Lipinski definition) is 0. The van der Waals surface area contributed by atoms with Crippen LogP contribution in [0.5, 0.6) is 0 Å². The van der Waals surface area contributed by atoms with Crippen molar-refractivity contribution in [1.82, 2.24) is 4.90 Å². The van der Waals surface area contributed by atoms with Crippen molar-refractivity contribution in [1.29, 1.82) is 0 Å². The van der Waals surface area contributed by atoms with Gasteiger partial charge in [0.2, 0.25) is 0 Å². The predicted molar refractivity (Wildman–Crippen MR) is 85.0 cm³/mol. The van der Waals surface area contributed by atoms with Crippen LogP contribution in [0, 0.1) is 22.9 Å². The van der Waals surface area contributed by atoms with Gasteiger partial charge < -0.3 is 4.90 Å². The second-order valence-electron chi connectivity index (χ2n) is 5.16. The summed E-state index contributed by atoms with van der Waals surface area (Å²) >= 11 is 6.02. The highest BCUT2D eigenvalue weighted by Gasteiger charge is 2.16. The average Bonchev–Trinajstić information content (AvgIpc) is 2.51. The number of nitro benzene ring substituents is 1. The molecule has 0 aliphatic rings. The van der Waals surface area contributed by atoms with Gasteiger partial charge in [-0.05, 0) is 36.2 Å². The van der Waals surface area contributed by atoms with Crippen molar-refractivity contribution in [2.75, 3.05) is 7.05 Å². The molecule has 0 spiro atoms. The summed E-state index contributed by atoms with van der Waals surface area (Å²) in [6.45, 7) is 1.69. The molecule has 0 unspecified atom stereocenters. The van der Waals surface area contributed by atoms with Gasteiger partial charge in [-0.15, -0.1) is 0 Å². The van der Waals surface area contributed by atoms with E-state index in [1.54, 1.807) is 6.92 Å². The fraction of sp³-hybridized carbons (Fsp3) is 0.188. The second-order valence-corrected chi connectivity index (χ2v) is 5.57. The van der Waals surface area contributed by atoms with Gasteiger partial charge in [0.25, 0.3) is 11.6 Å². The van der Waals surface area contributed by atoms with Crippen molar-refractivity contribution >= 4 is 23.2 Å². The number of halogens is 2. The zero-order chi connectivity index (χ0) is 17.1. The maximum absolute atomic E-state index is 13.6. The Bertz CT molecular complexity index is 780. The number of amides is 1. The first-order valence-electron chi connectivity index (χ1n) is 6.74. The van der Waals surface area contributed by atoms with Crippen molar-refractivity contribution in [3.63, 3.8) is 0 Å². The third kappa shape index (κ3) is 3.84. The normalized spacial score (nSPS) is 10.4. The van der Waals surface area contributed by atoms with E-state index < -0.39 is 16.6 Å². The summed E-state index contributed by atoms with van der Waals surface area (Å²) in [5.41, 5.74) is 0.999. The third-order valence-electron chi connectivity index (χ3n) is 3.41. The van der Waals surface area contributed by atoms with Crippen molar-refractivity contribution in [3.8, 4) is 0 Å². The summed E-state index contributed by atoms with van der Waals surface area (Å²) in [6.07, 6.45) is 0. The summed E-state index contributed by atoms with van der Waals surface area (Å²) in [5, 5.41) is 11.1. The van der Waals surface area contributed by atoms with Crippen LogP contribution in [0.3, 0.4) is 0 Å². The Hall–Kier alpha value is -2.47. The molecule has 0 saturated carbocycles. The van der Waals surface area contributed by atoms with E-state index in [1.807, 2.05) is 0 Å². The van der Waals surface area contributed by atoms with Crippen LogP contribution in [0.4, 0.5) is 10.1 Å². The molecule has 0 bridgehead atoms. The van der Waals surface area contributed by atoms with Crippen molar-refractivity contribution in [2.24, 2.45) is 0 Å². The number of hydrogen-bond acceptors (Lipinski definition) is 3. The Morgan fingerprint density at radius 1 is 1.30 bits per heavy atom. The van der Waals surface area contributed by atoms with Gasteiger partial charge in [-0.3, -0.25) is 14.9 Å². The highest BCUT2D eigenvalue weighted by atomic mass is 35.5. The van der Waals surface area contributed by atoms with E-state index in [0.29, 0.717) is 16.1 Å². The molecule has 23 heavy (non-hydrogen) atoms. The molecule has 120 valence electrons. The summed E-state index contributed by atoms with van der Waals surface area (Å²) in [7, 11) is 1.52. The van der Waals surface area contributed by atoms with E-state index in [2.05, 4.69) is 0 Å². The summed E-state index contributed by atoms with van der Waals surface area (Å²) in [6, 6.07) is 8.26. The molecule has 2 rings (SSSR count). The zero-order valence-corrected chi connectivity index (χ0v) is 13.3. The lowest BCUT2D eigenvalue weighted by atomic mass is 10.1. The van der Waals surface area contributed by atoms with E-state index in [4.69, 9.17) is 11.6 Å². The first-order chi connectivity index (χ1) is 10.8. The molecule has 1 amide bonds. The van der Waals surface area contributed by atoms with Crippen LogP contribution in [-0.4, -0.2) is 22.8 Å². The SMILES string of the molecule is Cc1ccc(C(=O)N(C)Cc2cc([N+](=O)[O-])ccc2Cl)cc1F. The van der Waals surface area contributed by atoms with E-state index in [9.17, 15) is 19.3 Å². The Morgan fingerprint density at radius 2 is 2.00 bits per heavy atom. The number of nitro groups is 1. The number of carbonyl (C=O) groups is 1. The minimum Gasteiger partial charge on any atom is -0.337 e. The maximum Gasteiger partial charge on any atom is 0.269 e. The lowest BCUT2D eigenvalue weighted by Crippen LogP contribution is -2.26. The number of nitrogens with zero attached hydrogens (tertiary/aromatic N) is 2. The molecule has 0 N–H and O–H groups in total. The van der Waals surface area contributed by atoms with Crippen molar-refractivity contribution < 1.29 is 14.1 Å². The van der Waals surface area contributed by atoms with Crippen LogP contribution in [0.25, 0.3) is 0 Å². The standard InChI is InChI=1S/C16H14ClFN2O3/c1-10-3-4-11(8-15(10)18)16(21)19(2)9-12-7-13(20(22)23)5-6-14(12)17/h3-8H,9H2,1-2H3. The van der Waals surface area contributed by atoms with Crippen LogP contribution in [0.2, 0.25) is 5.02 Å². The van der Waals surface area contributed by atoms with Gasteiger partial charge >= 0.3 is 0 Å². The fourth-order valence-electron chi connectivity index (χ4n) is 2.07. The average molecular weight is 337 g/mol. The molecular weight excluding hydrogens is 323 g/mol. The van der Waals surface area contributed by atoms with Crippen molar-refractivity contribution in [3.05, 3.63) is 74.0 Å². The number of carbonyl (C=O) groups excluding carboxylic acids is 1. The summed E-state index contributed by atoms with van der Waals surface area (Å²) < 4.78 is 13.6. The molecule has 2 aromatic carbocycles. The lowest BCUT2D eigenvalue weighted by molar-refractivity contribution is -0.384. The quantitative estimate of drug-likeness (QED) is 0.627. The van der Waals surface area contributed by atoms with Gasteiger partial charge in [-0.25, -0.2) is 4.39 Å². The largest absolute Gasteiger partial charge is 0.337 e. The Kier molecular flexibility index (Phi) is 4.95. The van der Waals surface area contributed by atoms with Gasteiger partial charge in [-0.1, -0.05) is 17.7 Å². The van der Waals surface area contributed by atoms with E-state index >= 15 is 0 Å². The van der Waals surface area contributed by atoms with E-state index in [-0.39, 0.29) is 17.8 Å². The van der Waals surface area contributed by atoms with E-state index in [1.165, 1.54) is 48.3 Å². The molecule has 0 radical (unpaired) electrons. The van der Waals surface area contributed by atoms with Crippen LogP contribution in [0.15, 0.2) is 36.4 Å². The Balaban J connectivity index is 2.22. The number of aryl methyl sites for hydroxylation is 1. The van der Waals surface area contributed by atoms with Gasteiger partial charge in [0.1, 0.15) is 5.82 Å². The molecule has 7 heteroatoms. The lowest BCUT2D eigenvalue weighted by Gasteiger charge is -2.18. The monoisotopic (exact) mass is 336 g/mol. The molecule has 5 nitrogen and oxygen atoms in total. The third-order valence-corrected chi connectivity index (χ3v) is 3.78. The molecule has 0 aromatic heterocycles. The van der Waals surface area contributed by atoms with Gasteiger partial charge in [0, 0.05) is 36.3 Å². The van der Waals surface area contributed by atoms with E-state index in [0.717, 1.165) is 0 Å². The summed E-state index contributed by atoms with van der Waals surface area (Å²) in [4.78, 5) is 23.9. The topological polar surface area (TPSA) is 63.5 Å². The first kappa shape index (κ1) is 16.9. The molecule has 0 fully saturated rings. The molecule has 2 aromatic rings. The number of rotatable bonds is 4. The number of benzene rings is 2. The highest BCUT2D eigenvalue weighted by molar-refractivity contribution is 6.31. The van der Waals surface area contributed by atoms with Crippen LogP contribution in [-0.2, 0) is 6.54 Å². The van der Waals surface area contributed by atoms with Crippen LogP contribution < -0.4 is 0 Å². The predicted octanol–water partition coefficient (Wildman–Crippen LogP) is 3.97. The van der Waals surface area contributed by atoms with Gasteiger partial charge in [-0.2, -0.15) is 0 Å². The molecule has 0 aliphatic carbocycles. The Morgan fingerprint density at radius 3 is 2.61 bits per heavy atom. The Labute approximate surface area is 137 Å². The molecule has 0 atom stereocenters. The minimum absolute atomic E-state index is 0.0782. The fourth-order valence-corrected chi connectivity index (χ4v) is 2.25. The first-order valence-corrected chi connectivity index (χ1v) is 7.12. The van der Waals surface area contributed by atoms with Crippen LogP contribution >= 0.6 is 11.6 Å². The molecule has 0 saturated heterocycles. The molecule has 0 heterocycles. The highest BCUT2D eigenvalue weighted by Crippen LogP contribution is 2.23. The van der Waals surface area contributed by atoms with Crippen molar-refractivity contribution in [2.45, 2.75) is 13.5 Å². The zero-order valence-electron chi connectivity index (χ0n) is 12.5. The second kappa shape index (κ2) is 6.75. The summed E-state index contributed by atoms with van der Waals surface area (Å²) in [5.74, 6) is -0.857. The maximum atomic E-state index is 13.6. The van der Waals surface area contributed by atoms with Crippen LogP contribution in [0.1, 0.15) is 21.5 Å². The number of non-ortho nitro benzene ring substituents is 1. The molecule has 0 aliphatic heterocycles.